The van der Waals surface area contributed by atoms with E-state index < -0.39 is 4.52 Å². The van der Waals surface area contributed by atoms with Gasteiger partial charge in [-0.2, -0.15) is 0 Å². The molecule has 0 atom stereocenters. The first kappa shape index (κ1) is 11.1. The number of benzene rings is 1. The molecule has 0 aromatic heterocycles. The average molecular weight is 213 g/mol. The van der Waals surface area contributed by atoms with Crippen molar-refractivity contribution in [2.75, 3.05) is 0 Å². The number of hydrogen-bond donors (Lipinski definition) is 1. The summed E-state index contributed by atoms with van der Waals surface area (Å²) in [6.07, 6.45) is 0. The Labute approximate surface area is 81.4 Å². The lowest BCUT2D eigenvalue weighted by molar-refractivity contribution is 0.218. The van der Waals surface area contributed by atoms with Crippen molar-refractivity contribution in [1.29, 1.82) is 0 Å². The predicted octanol–water partition coefficient (Wildman–Crippen LogP) is 2.69. The predicted molar refractivity (Wildman–Crippen MR) is 49.3 cm³/mol. The van der Waals surface area contributed by atoms with Crippen LogP contribution in [0.2, 0.25) is 0 Å². The molecule has 1 aromatic carbocycles. The zero-order valence-electron chi connectivity index (χ0n) is 5.50. The Morgan fingerprint density at radius 1 is 1.09 bits per heavy atom. The summed E-state index contributed by atoms with van der Waals surface area (Å²) in [5.41, 5.74) is 0.485. The Bertz CT molecular complexity index is 205. The Balaban J connectivity index is 0.000001000. The summed E-state index contributed by atoms with van der Waals surface area (Å²) in [6.45, 7) is 0. The first-order valence-electron chi connectivity index (χ1n) is 2.76. The SMILES string of the molecule is Cl.OC(Cl)(Cl)c1ccccc1. The minimum atomic E-state index is -1.76. The second-order valence-electron chi connectivity index (χ2n) is 1.91. The third-order valence-corrected chi connectivity index (χ3v) is 1.56. The fourth-order valence-electron chi connectivity index (χ4n) is 0.639. The van der Waals surface area contributed by atoms with Crippen molar-refractivity contribution in [3.8, 4) is 0 Å². The highest BCUT2D eigenvalue weighted by Crippen LogP contribution is 2.29. The maximum Gasteiger partial charge on any atom is 0.241 e. The lowest BCUT2D eigenvalue weighted by Crippen LogP contribution is -2.07. The van der Waals surface area contributed by atoms with E-state index in [0.29, 0.717) is 5.56 Å². The van der Waals surface area contributed by atoms with E-state index in [1.807, 2.05) is 6.07 Å². The van der Waals surface area contributed by atoms with Gasteiger partial charge in [-0.25, -0.2) is 0 Å². The number of halogens is 3. The quantitative estimate of drug-likeness (QED) is 0.711. The Morgan fingerprint density at radius 2 is 1.55 bits per heavy atom. The molecular weight excluding hydrogens is 206 g/mol. The molecule has 1 rings (SSSR count). The molecular formula is C7H7Cl3O. The second kappa shape index (κ2) is 4.17. The summed E-state index contributed by atoms with van der Waals surface area (Å²) in [6, 6.07) is 8.64. The summed E-state index contributed by atoms with van der Waals surface area (Å²) in [4.78, 5) is 0. The van der Waals surface area contributed by atoms with Gasteiger partial charge in [0.2, 0.25) is 4.52 Å². The van der Waals surface area contributed by atoms with E-state index in [4.69, 9.17) is 28.3 Å². The molecule has 0 unspecified atom stereocenters. The van der Waals surface area contributed by atoms with Crippen LogP contribution >= 0.6 is 35.6 Å². The van der Waals surface area contributed by atoms with Crippen molar-refractivity contribution in [1.82, 2.24) is 0 Å². The molecule has 0 heterocycles. The number of hydrogen-bond acceptors (Lipinski definition) is 1. The smallest absolute Gasteiger partial charge is 0.241 e. The van der Waals surface area contributed by atoms with Crippen LogP contribution in [0.1, 0.15) is 5.56 Å². The van der Waals surface area contributed by atoms with Gasteiger partial charge in [0.1, 0.15) is 0 Å². The number of aliphatic hydroxyl groups is 1. The largest absolute Gasteiger partial charge is 0.359 e. The molecule has 1 nitrogen and oxygen atoms in total. The van der Waals surface area contributed by atoms with Gasteiger partial charge in [0.15, 0.2) is 0 Å². The lowest BCUT2D eigenvalue weighted by atomic mass is 10.2. The van der Waals surface area contributed by atoms with Gasteiger partial charge in [-0.1, -0.05) is 53.5 Å². The van der Waals surface area contributed by atoms with Crippen molar-refractivity contribution < 1.29 is 5.11 Å². The summed E-state index contributed by atoms with van der Waals surface area (Å²) in [5.74, 6) is 0. The van der Waals surface area contributed by atoms with Crippen molar-refractivity contribution in [2.45, 2.75) is 4.52 Å². The van der Waals surface area contributed by atoms with Gasteiger partial charge in [0.25, 0.3) is 0 Å². The molecule has 0 aliphatic heterocycles. The number of alkyl halides is 2. The molecule has 4 heteroatoms. The molecule has 0 amide bonds. The van der Waals surface area contributed by atoms with Gasteiger partial charge in [0, 0.05) is 5.56 Å². The van der Waals surface area contributed by atoms with Crippen LogP contribution in [0, 0.1) is 0 Å². The summed E-state index contributed by atoms with van der Waals surface area (Å²) >= 11 is 10.8. The third-order valence-electron chi connectivity index (χ3n) is 1.12. The molecule has 1 N–H and O–H groups in total. The maximum absolute atomic E-state index is 9.02. The first-order valence-corrected chi connectivity index (χ1v) is 3.52. The zero-order valence-corrected chi connectivity index (χ0v) is 7.83. The van der Waals surface area contributed by atoms with E-state index in [1.54, 1.807) is 24.3 Å². The molecule has 0 bridgehead atoms. The molecule has 0 aliphatic carbocycles. The molecule has 0 spiro atoms. The topological polar surface area (TPSA) is 20.2 Å². The van der Waals surface area contributed by atoms with Crippen LogP contribution in [0.5, 0.6) is 0 Å². The summed E-state index contributed by atoms with van der Waals surface area (Å²) < 4.78 is -1.76. The van der Waals surface area contributed by atoms with Gasteiger partial charge in [-0.3, -0.25) is 0 Å². The van der Waals surface area contributed by atoms with Crippen LogP contribution < -0.4 is 0 Å². The molecule has 1 aromatic rings. The van der Waals surface area contributed by atoms with Gasteiger partial charge < -0.3 is 5.11 Å². The molecule has 0 fully saturated rings. The van der Waals surface area contributed by atoms with Crippen LogP contribution in [-0.2, 0) is 4.52 Å². The Hall–Kier alpha value is 0.0500. The highest BCUT2D eigenvalue weighted by molar-refractivity contribution is 6.46. The van der Waals surface area contributed by atoms with E-state index in [9.17, 15) is 0 Å². The maximum atomic E-state index is 9.02. The van der Waals surface area contributed by atoms with E-state index >= 15 is 0 Å². The zero-order chi connectivity index (χ0) is 7.61. The normalized spacial score (nSPS) is 10.5. The van der Waals surface area contributed by atoms with Crippen LogP contribution in [0.3, 0.4) is 0 Å². The van der Waals surface area contributed by atoms with E-state index in [2.05, 4.69) is 0 Å². The fraction of sp³-hybridized carbons (Fsp3) is 0.143. The van der Waals surface area contributed by atoms with Crippen LogP contribution in [0.15, 0.2) is 30.3 Å². The fourth-order valence-corrected chi connectivity index (χ4v) is 0.891. The van der Waals surface area contributed by atoms with Gasteiger partial charge in [0.05, 0.1) is 0 Å². The number of rotatable bonds is 1. The van der Waals surface area contributed by atoms with Gasteiger partial charge in [-0.15, -0.1) is 12.4 Å². The molecule has 62 valence electrons. The Kier molecular flexibility index (Phi) is 4.19. The highest BCUT2D eigenvalue weighted by Gasteiger charge is 2.20. The van der Waals surface area contributed by atoms with E-state index in [0.717, 1.165) is 0 Å². The van der Waals surface area contributed by atoms with Crippen molar-refractivity contribution in [2.24, 2.45) is 0 Å². The van der Waals surface area contributed by atoms with Gasteiger partial charge >= 0.3 is 0 Å². The summed E-state index contributed by atoms with van der Waals surface area (Å²) in [7, 11) is 0. The minimum Gasteiger partial charge on any atom is -0.359 e. The molecule has 0 aliphatic rings. The van der Waals surface area contributed by atoms with E-state index in [1.165, 1.54) is 0 Å². The van der Waals surface area contributed by atoms with Crippen LogP contribution in [0.4, 0.5) is 0 Å². The summed E-state index contributed by atoms with van der Waals surface area (Å²) in [5, 5.41) is 9.02. The average Bonchev–Trinajstić information content (AvgIpc) is 1.88. The van der Waals surface area contributed by atoms with Crippen molar-refractivity contribution in [3.05, 3.63) is 35.9 Å². The molecule has 11 heavy (non-hydrogen) atoms. The molecule has 0 radical (unpaired) electrons. The highest BCUT2D eigenvalue weighted by atomic mass is 35.5. The monoisotopic (exact) mass is 212 g/mol. The van der Waals surface area contributed by atoms with Crippen LogP contribution in [-0.4, -0.2) is 5.11 Å². The van der Waals surface area contributed by atoms with Crippen molar-refractivity contribution in [3.63, 3.8) is 0 Å². The lowest BCUT2D eigenvalue weighted by Gasteiger charge is -2.10. The second-order valence-corrected chi connectivity index (χ2v) is 3.19. The molecule has 0 saturated heterocycles. The standard InChI is InChI=1S/C7H6Cl2O.ClH/c8-7(9,10)6-4-2-1-3-5-6;/h1-5,10H;1H. The first-order chi connectivity index (χ1) is 4.61. The van der Waals surface area contributed by atoms with Crippen molar-refractivity contribution >= 4 is 35.6 Å². The Morgan fingerprint density at radius 3 is 1.82 bits per heavy atom. The minimum absolute atomic E-state index is 0. The van der Waals surface area contributed by atoms with Gasteiger partial charge in [-0.05, 0) is 0 Å². The molecule has 0 saturated carbocycles. The van der Waals surface area contributed by atoms with Crippen LogP contribution in [0.25, 0.3) is 0 Å². The third kappa shape index (κ3) is 3.30. The van der Waals surface area contributed by atoms with E-state index in [-0.39, 0.29) is 12.4 Å².